The van der Waals surface area contributed by atoms with Crippen molar-refractivity contribution in [3.05, 3.63) is 63.8 Å². The summed E-state index contributed by atoms with van der Waals surface area (Å²) in [5.74, 6) is -0.863. The Balaban J connectivity index is 1.76. The molecule has 3 nitrogen and oxygen atoms in total. The lowest BCUT2D eigenvalue weighted by Gasteiger charge is -2.32. The summed E-state index contributed by atoms with van der Waals surface area (Å²) in [5.41, 5.74) is 2.76. The van der Waals surface area contributed by atoms with E-state index in [-0.39, 0.29) is 10.9 Å². The van der Waals surface area contributed by atoms with E-state index in [9.17, 15) is 13.6 Å². The zero-order valence-electron chi connectivity index (χ0n) is 15.5. The van der Waals surface area contributed by atoms with Gasteiger partial charge in [-0.3, -0.25) is 4.79 Å². The molecule has 0 aliphatic carbocycles. The first-order valence-corrected chi connectivity index (χ1v) is 9.31. The molecule has 1 aromatic heterocycles. The van der Waals surface area contributed by atoms with Crippen LogP contribution in [0.15, 0.2) is 41.2 Å². The maximum Gasteiger partial charge on any atom is 0.195 e. The van der Waals surface area contributed by atoms with Gasteiger partial charge in [0.2, 0.25) is 0 Å². The highest BCUT2D eigenvalue weighted by molar-refractivity contribution is 5.84. The van der Waals surface area contributed by atoms with E-state index in [0.29, 0.717) is 17.2 Å². The van der Waals surface area contributed by atoms with Crippen LogP contribution in [-0.4, -0.2) is 18.1 Å². The van der Waals surface area contributed by atoms with E-state index in [2.05, 4.69) is 16.8 Å². The van der Waals surface area contributed by atoms with Gasteiger partial charge < -0.3 is 9.88 Å². The molecule has 0 spiro atoms. The van der Waals surface area contributed by atoms with E-state index in [4.69, 9.17) is 0 Å². The van der Waals surface area contributed by atoms with Crippen LogP contribution in [0.25, 0.3) is 22.2 Å². The Bertz CT molecular complexity index is 1060. The van der Waals surface area contributed by atoms with Gasteiger partial charge in [0.25, 0.3) is 0 Å². The van der Waals surface area contributed by atoms with Crippen LogP contribution in [0.3, 0.4) is 0 Å². The normalized spacial score (nSPS) is 17.5. The van der Waals surface area contributed by atoms with Gasteiger partial charge in [-0.15, -0.1) is 0 Å². The number of anilines is 1. The number of aromatic amines is 1. The van der Waals surface area contributed by atoms with E-state index in [0.717, 1.165) is 36.5 Å². The second-order valence-corrected chi connectivity index (χ2v) is 7.50. The molecule has 1 N–H and O–H groups in total. The Labute approximate surface area is 156 Å². The van der Waals surface area contributed by atoms with E-state index in [1.165, 1.54) is 12.8 Å². The lowest BCUT2D eigenvalue weighted by molar-refractivity contribution is 0.447. The van der Waals surface area contributed by atoms with Crippen molar-refractivity contribution < 1.29 is 8.78 Å². The summed E-state index contributed by atoms with van der Waals surface area (Å²) in [4.78, 5) is 18.0. The van der Waals surface area contributed by atoms with E-state index < -0.39 is 17.1 Å². The summed E-state index contributed by atoms with van der Waals surface area (Å²) < 4.78 is 27.6. The summed E-state index contributed by atoms with van der Waals surface area (Å²) in [7, 11) is 0. The molecule has 0 radical (unpaired) electrons. The number of hydrogen-bond donors (Lipinski definition) is 1. The van der Waals surface area contributed by atoms with Crippen LogP contribution in [0, 0.1) is 24.5 Å². The molecule has 5 heteroatoms. The van der Waals surface area contributed by atoms with Crippen molar-refractivity contribution in [2.24, 2.45) is 5.92 Å². The lowest BCUT2D eigenvalue weighted by Crippen LogP contribution is -2.34. The molecule has 140 valence electrons. The fraction of sp³-hybridized carbons (Fsp3) is 0.318. The number of fused-ring (bicyclic) bond motifs is 1. The highest BCUT2D eigenvalue weighted by atomic mass is 19.1. The molecule has 4 rings (SSSR count). The molecule has 0 saturated carbocycles. The van der Waals surface area contributed by atoms with E-state index in [1.807, 2.05) is 24.3 Å². The molecule has 2 aromatic carbocycles. The van der Waals surface area contributed by atoms with E-state index in [1.54, 1.807) is 6.92 Å². The third kappa shape index (κ3) is 3.22. The van der Waals surface area contributed by atoms with Gasteiger partial charge in [-0.25, -0.2) is 8.78 Å². The molecule has 1 fully saturated rings. The minimum absolute atomic E-state index is 0.100. The predicted molar refractivity (Wildman–Crippen MR) is 105 cm³/mol. The summed E-state index contributed by atoms with van der Waals surface area (Å²) in [6.45, 7) is 6.02. The second kappa shape index (κ2) is 6.80. The Morgan fingerprint density at radius 1 is 1.15 bits per heavy atom. The van der Waals surface area contributed by atoms with Gasteiger partial charge in [0, 0.05) is 30.4 Å². The highest BCUT2D eigenvalue weighted by Crippen LogP contribution is 2.28. The molecule has 0 amide bonds. The molecular formula is C22H22F2N2O. The molecule has 27 heavy (non-hydrogen) atoms. The number of nitrogens with zero attached hydrogens (tertiary/aromatic N) is 1. The number of piperidine rings is 1. The van der Waals surface area contributed by atoms with E-state index >= 15 is 0 Å². The van der Waals surface area contributed by atoms with Gasteiger partial charge in [0.15, 0.2) is 5.43 Å². The van der Waals surface area contributed by atoms with Gasteiger partial charge >= 0.3 is 0 Å². The molecular weight excluding hydrogens is 346 g/mol. The van der Waals surface area contributed by atoms with Crippen molar-refractivity contribution in [3.63, 3.8) is 0 Å². The number of halogens is 2. The first kappa shape index (κ1) is 17.7. The van der Waals surface area contributed by atoms with Gasteiger partial charge in [-0.05, 0) is 49.4 Å². The Morgan fingerprint density at radius 2 is 1.89 bits per heavy atom. The SMILES string of the molecule is Cc1c(-c2ccc(N3CCCC(C)C3)cc2)[nH]c2cc(F)cc(F)c2c1=O. The highest BCUT2D eigenvalue weighted by Gasteiger charge is 2.18. The maximum absolute atomic E-state index is 14.0. The van der Waals surface area contributed by atoms with Crippen molar-refractivity contribution >= 4 is 16.6 Å². The second-order valence-electron chi connectivity index (χ2n) is 7.50. The number of benzene rings is 2. The van der Waals surface area contributed by atoms with Gasteiger partial charge in [0.05, 0.1) is 16.6 Å². The molecule has 1 atom stereocenters. The van der Waals surface area contributed by atoms with Crippen molar-refractivity contribution in [1.82, 2.24) is 4.98 Å². The number of rotatable bonds is 2. The van der Waals surface area contributed by atoms with Crippen LogP contribution in [0.2, 0.25) is 0 Å². The largest absolute Gasteiger partial charge is 0.371 e. The van der Waals surface area contributed by atoms with Crippen LogP contribution < -0.4 is 10.3 Å². The molecule has 3 aromatic rings. The van der Waals surface area contributed by atoms with Gasteiger partial charge in [-0.2, -0.15) is 0 Å². The Morgan fingerprint density at radius 3 is 2.59 bits per heavy atom. The fourth-order valence-corrected chi connectivity index (χ4v) is 3.98. The van der Waals surface area contributed by atoms with Crippen LogP contribution in [-0.2, 0) is 0 Å². The molecule has 1 saturated heterocycles. The summed E-state index contributed by atoms with van der Waals surface area (Å²) >= 11 is 0. The summed E-state index contributed by atoms with van der Waals surface area (Å²) in [6, 6.07) is 9.89. The average Bonchev–Trinajstić information content (AvgIpc) is 2.64. The molecule has 1 aliphatic heterocycles. The first-order valence-electron chi connectivity index (χ1n) is 9.31. The quantitative estimate of drug-likeness (QED) is 0.690. The van der Waals surface area contributed by atoms with Gasteiger partial charge in [0.1, 0.15) is 11.6 Å². The Hall–Kier alpha value is -2.69. The van der Waals surface area contributed by atoms with Crippen LogP contribution in [0.5, 0.6) is 0 Å². The topological polar surface area (TPSA) is 36.1 Å². The van der Waals surface area contributed by atoms with Crippen LogP contribution in [0.1, 0.15) is 25.3 Å². The summed E-state index contributed by atoms with van der Waals surface area (Å²) in [5, 5.41) is -0.100. The maximum atomic E-state index is 14.0. The van der Waals surface area contributed by atoms with Crippen molar-refractivity contribution in [2.75, 3.05) is 18.0 Å². The number of hydrogen-bond acceptors (Lipinski definition) is 2. The standard InChI is InChI=1S/C22H22F2N2O/c1-13-4-3-9-26(12-13)17-7-5-15(6-8-17)21-14(2)22(27)20-18(24)10-16(23)11-19(20)25-21/h5-8,10-11,13H,3-4,9,12H2,1-2H3,(H,25,27). The van der Waals surface area contributed by atoms with Crippen molar-refractivity contribution in [1.29, 1.82) is 0 Å². The molecule has 1 unspecified atom stereocenters. The number of nitrogens with one attached hydrogen (secondary N) is 1. The smallest absolute Gasteiger partial charge is 0.195 e. The first-order chi connectivity index (χ1) is 12.9. The third-order valence-corrected chi connectivity index (χ3v) is 5.44. The average molecular weight is 368 g/mol. The molecule has 2 heterocycles. The van der Waals surface area contributed by atoms with Crippen molar-refractivity contribution in [2.45, 2.75) is 26.7 Å². The number of H-pyrrole nitrogens is 1. The van der Waals surface area contributed by atoms with Gasteiger partial charge in [-0.1, -0.05) is 19.1 Å². The molecule has 1 aliphatic rings. The zero-order chi connectivity index (χ0) is 19.1. The lowest BCUT2D eigenvalue weighted by atomic mass is 9.99. The summed E-state index contributed by atoms with van der Waals surface area (Å²) in [6.07, 6.45) is 2.45. The third-order valence-electron chi connectivity index (χ3n) is 5.44. The monoisotopic (exact) mass is 368 g/mol. The van der Waals surface area contributed by atoms with Crippen LogP contribution >= 0.6 is 0 Å². The number of pyridine rings is 1. The van der Waals surface area contributed by atoms with Crippen LogP contribution in [0.4, 0.5) is 14.5 Å². The predicted octanol–water partition coefficient (Wildman–Crippen LogP) is 5.02. The van der Waals surface area contributed by atoms with Crippen molar-refractivity contribution in [3.8, 4) is 11.3 Å². The molecule has 0 bridgehead atoms. The number of aromatic nitrogens is 1. The Kier molecular flexibility index (Phi) is 4.46. The minimum atomic E-state index is -0.838. The minimum Gasteiger partial charge on any atom is -0.371 e. The fourth-order valence-electron chi connectivity index (χ4n) is 3.98. The zero-order valence-corrected chi connectivity index (χ0v) is 15.5.